The lowest BCUT2D eigenvalue weighted by Gasteiger charge is -2.07. The van der Waals surface area contributed by atoms with Gasteiger partial charge >= 0.3 is 0 Å². The molecule has 0 saturated heterocycles. The van der Waals surface area contributed by atoms with Crippen molar-refractivity contribution >= 4 is 11.0 Å². The van der Waals surface area contributed by atoms with Crippen LogP contribution in [0.5, 0.6) is 17.2 Å². The van der Waals surface area contributed by atoms with Crippen molar-refractivity contribution in [2.45, 2.75) is 13.1 Å². The molecule has 0 unspecified atom stereocenters. The Kier molecular flexibility index (Phi) is 3.91. The number of hydrogen-bond donors (Lipinski definition) is 4. The van der Waals surface area contributed by atoms with Gasteiger partial charge in [0.05, 0.1) is 6.54 Å². The molecule has 0 saturated carbocycles. The molecule has 1 heterocycles. The number of phenols is 3. The standard InChI is InChI=1S/C17H15NO5/c19-11-3-1-2-10(6-11)8-18-9-12-7-14(21)16-15(23-12)5-4-13(20)17(16)22/h1-7,18-20,22H,8-9H2. The van der Waals surface area contributed by atoms with Crippen LogP contribution >= 0.6 is 0 Å². The van der Waals surface area contributed by atoms with E-state index in [0.29, 0.717) is 18.8 Å². The van der Waals surface area contributed by atoms with Gasteiger partial charge < -0.3 is 25.1 Å². The van der Waals surface area contributed by atoms with E-state index in [-0.39, 0.29) is 22.5 Å². The van der Waals surface area contributed by atoms with Crippen LogP contribution in [0, 0.1) is 0 Å². The van der Waals surface area contributed by atoms with Crippen LogP contribution in [0.1, 0.15) is 11.3 Å². The molecule has 6 nitrogen and oxygen atoms in total. The van der Waals surface area contributed by atoms with Gasteiger partial charge in [-0.3, -0.25) is 4.79 Å². The van der Waals surface area contributed by atoms with E-state index in [1.54, 1.807) is 18.2 Å². The van der Waals surface area contributed by atoms with E-state index >= 15 is 0 Å². The summed E-state index contributed by atoms with van der Waals surface area (Å²) in [5.41, 5.74) is 0.687. The Bertz CT molecular complexity index is 916. The fourth-order valence-corrected chi connectivity index (χ4v) is 2.36. The third-order valence-electron chi connectivity index (χ3n) is 3.44. The maximum Gasteiger partial charge on any atom is 0.196 e. The molecular weight excluding hydrogens is 298 g/mol. The smallest absolute Gasteiger partial charge is 0.196 e. The largest absolute Gasteiger partial charge is 0.508 e. The van der Waals surface area contributed by atoms with Gasteiger partial charge in [-0.15, -0.1) is 0 Å². The summed E-state index contributed by atoms with van der Waals surface area (Å²) in [6, 6.07) is 10.8. The lowest BCUT2D eigenvalue weighted by molar-refractivity contribution is 0.406. The first-order chi connectivity index (χ1) is 11.0. The molecule has 2 aromatic carbocycles. The summed E-state index contributed by atoms with van der Waals surface area (Å²) in [7, 11) is 0. The van der Waals surface area contributed by atoms with E-state index in [1.807, 2.05) is 6.07 Å². The van der Waals surface area contributed by atoms with Gasteiger partial charge in [-0.25, -0.2) is 0 Å². The second-order valence-electron chi connectivity index (χ2n) is 5.16. The predicted octanol–water partition coefficient (Wildman–Crippen LogP) is 2.20. The molecule has 4 N–H and O–H groups in total. The van der Waals surface area contributed by atoms with E-state index in [4.69, 9.17) is 4.42 Å². The Hall–Kier alpha value is -2.99. The zero-order valence-electron chi connectivity index (χ0n) is 12.1. The molecule has 118 valence electrons. The van der Waals surface area contributed by atoms with Crippen molar-refractivity contribution in [2.75, 3.05) is 0 Å². The lowest BCUT2D eigenvalue weighted by Crippen LogP contribution is -2.14. The molecule has 0 bridgehead atoms. The topological polar surface area (TPSA) is 103 Å². The Labute approximate surface area is 131 Å². The number of hydrogen-bond acceptors (Lipinski definition) is 6. The zero-order valence-corrected chi connectivity index (χ0v) is 12.1. The first-order valence-corrected chi connectivity index (χ1v) is 7.01. The van der Waals surface area contributed by atoms with Gasteiger partial charge in [0.1, 0.15) is 22.5 Å². The highest BCUT2D eigenvalue weighted by Gasteiger charge is 2.12. The number of phenolic OH excluding ortho intramolecular Hbond substituents is 3. The van der Waals surface area contributed by atoms with Crippen molar-refractivity contribution in [3.05, 3.63) is 64.0 Å². The highest BCUT2D eigenvalue weighted by atomic mass is 16.3. The molecule has 3 aromatic rings. The minimum atomic E-state index is -0.476. The molecule has 0 aliphatic carbocycles. The molecule has 0 spiro atoms. The second kappa shape index (κ2) is 6.02. The maximum atomic E-state index is 12.1. The van der Waals surface area contributed by atoms with Crippen LogP contribution in [0.3, 0.4) is 0 Å². The van der Waals surface area contributed by atoms with Crippen LogP contribution in [-0.4, -0.2) is 15.3 Å². The lowest BCUT2D eigenvalue weighted by atomic mass is 10.2. The predicted molar refractivity (Wildman–Crippen MR) is 84.5 cm³/mol. The molecular formula is C17H15NO5. The van der Waals surface area contributed by atoms with Crippen LogP contribution in [-0.2, 0) is 13.1 Å². The zero-order chi connectivity index (χ0) is 16.4. The molecule has 0 radical (unpaired) electrons. The van der Waals surface area contributed by atoms with E-state index in [2.05, 4.69) is 5.32 Å². The van der Waals surface area contributed by atoms with E-state index in [1.165, 1.54) is 18.2 Å². The van der Waals surface area contributed by atoms with Gasteiger partial charge in [0.2, 0.25) is 0 Å². The molecule has 0 aliphatic heterocycles. The van der Waals surface area contributed by atoms with Gasteiger partial charge in [-0.05, 0) is 29.8 Å². The van der Waals surface area contributed by atoms with E-state index in [9.17, 15) is 20.1 Å². The number of fused-ring (bicyclic) bond motifs is 1. The molecule has 0 amide bonds. The van der Waals surface area contributed by atoms with Crippen molar-refractivity contribution in [3.63, 3.8) is 0 Å². The fraction of sp³-hybridized carbons (Fsp3) is 0.118. The molecule has 23 heavy (non-hydrogen) atoms. The quantitative estimate of drug-likeness (QED) is 0.551. The highest BCUT2D eigenvalue weighted by molar-refractivity contribution is 5.85. The minimum absolute atomic E-state index is 0.0401. The van der Waals surface area contributed by atoms with Crippen LogP contribution in [0.15, 0.2) is 51.7 Å². The summed E-state index contributed by atoms with van der Waals surface area (Å²) in [6.45, 7) is 0.805. The maximum absolute atomic E-state index is 12.1. The third kappa shape index (κ3) is 3.12. The van der Waals surface area contributed by atoms with Crippen LogP contribution in [0.25, 0.3) is 11.0 Å². The SMILES string of the molecule is O=c1cc(CNCc2cccc(O)c2)oc2ccc(O)c(O)c12. The minimum Gasteiger partial charge on any atom is -0.508 e. The van der Waals surface area contributed by atoms with Gasteiger partial charge in [0.15, 0.2) is 16.9 Å². The van der Waals surface area contributed by atoms with Crippen molar-refractivity contribution in [3.8, 4) is 17.2 Å². The Balaban J connectivity index is 1.79. The van der Waals surface area contributed by atoms with Gasteiger partial charge in [-0.1, -0.05) is 12.1 Å². The fourth-order valence-electron chi connectivity index (χ4n) is 2.36. The van der Waals surface area contributed by atoms with E-state index < -0.39 is 11.2 Å². The van der Waals surface area contributed by atoms with Gasteiger partial charge in [0.25, 0.3) is 0 Å². The summed E-state index contributed by atoms with van der Waals surface area (Å²) >= 11 is 0. The summed E-state index contributed by atoms with van der Waals surface area (Å²) in [6.07, 6.45) is 0. The summed E-state index contributed by atoms with van der Waals surface area (Å²) in [4.78, 5) is 12.1. The highest BCUT2D eigenvalue weighted by Crippen LogP contribution is 2.31. The van der Waals surface area contributed by atoms with Gasteiger partial charge in [0, 0.05) is 12.6 Å². The number of rotatable bonds is 4. The van der Waals surface area contributed by atoms with Crippen LogP contribution in [0.4, 0.5) is 0 Å². The number of benzene rings is 2. The van der Waals surface area contributed by atoms with Crippen molar-refractivity contribution in [1.82, 2.24) is 5.32 Å². The first-order valence-electron chi connectivity index (χ1n) is 7.01. The van der Waals surface area contributed by atoms with Crippen LogP contribution in [0.2, 0.25) is 0 Å². The molecule has 0 aliphatic rings. The third-order valence-corrected chi connectivity index (χ3v) is 3.44. The Morgan fingerprint density at radius 3 is 2.61 bits per heavy atom. The Morgan fingerprint density at radius 2 is 1.83 bits per heavy atom. The summed E-state index contributed by atoms with van der Waals surface area (Å²) < 4.78 is 5.56. The van der Waals surface area contributed by atoms with Gasteiger partial charge in [-0.2, -0.15) is 0 Å². The monoisotopic (exact) mass is 313 g/mol. The van der Waals surface area contributed by atoms with Crippen molar-refractivity contribution in [1.29, 1.82) is 0 Å². The van der Waals surface area contributed by atoms with Crippen molar-refractivity contribution in [2.24, 2.45) is 0 Å². The first kappa shape index (κ1) is 14.9. The Morgan fingerprint density at radius 1 is 1.00 bits per heavy atom. The normalized spacial score (nSPS) is 11.0. The summed E-state index contributed by atoms with van der Waals surface area (Å²) in [5, 5.41) is 31.6. The molecule has 0 atom stereocenters. The average Bonchev–Trinajstić information content (AvgIpc) is 2.51. The molecule has 0 fully saturated rings. The second-order valence-corrected chi connectivity index (χ2v) is 5.16. The average molecular weight is 313 g/mol. The molecule has 1 aromatic heterocycles. The summed E-state index contributed by atoms with van der Waals surface area (Å²) in [5.74, 6) is -0.236. The molecule has 6 heteroatoms. The molecule has 3 rings (SSSR count). The number of aromatic hydroxyl groups is 3. The van der Waals surface area contributed by atoms with E-state index in [0.717, 1.165) is 5.56 Å². The van der Waals surface area contributed by atoms with Crippen LogP contribution < -0.4 is 10.7 Å². The van der Waals surface area contributed by atoms with Crippen molar-refractivity contribution < 1.29 is 19.7 Å². The number of nitrogens with one attached hydrogen (secondary N) is 1.